The number of aromatic nitrogens is 3. The summed E-state index contributed by atoms with van der Waals surface area (Å²) in [5.74, 6) is 1.58. The Balaban J connectivity index is 1.99. The molecule has 0 amide bonds. The average molecular weight is 434 g/mol. The zero-order valence-electron chi connectivity index (χ0n) is 18.1. The SMILES string of the molecule is C=CC(=C)C(=C)/C(=C\C)c1nc(C(=C)C=C)nc(-c2cccc3c2sc2ccccc23)n1. The lowest BCUT2D eigenvalue weighted by Gasteiger charge is -2.13. The van der Waals surface area contributed by atoms with Crippen molar-refractivity contribution in [1.29, 1.82) is 0 Å². The lowest BCUT2D eigenvalue weighted by Crippen LogP contribution is -2.05. The monoisotopic (exact) mass is 433 g/mol. The van der Waals surface area contributed by atoms with Crippen LogP contribution in [-0.4, -0.2) is 15.0 Å². The van der Waals surface area contributed by atoms with Gasteiger partial charge in [-0.1, -0.05) is 81.5 Å². The van der Waals surface area contributed by atoms with Crippen LogP contribution in [0.25, 0.3) is 42.7 Å². The Morgan fingerprint density at radius 3 is 2.28 bits per heavy atom. The van der Waals surface area contributed by atoms with Crippen molar-refractivity contribution in [2.75, 3.05) is 0 Å². The summed E-state index contributed by atoms with van der Waals surface area (Å²) >= 11 is 1.74. The molecule has 2 heterocycles. The van der Waals surface area contributed by atoms with Gasteiger partial charge in [-0.15, -0.1) is 11.3 Å². The maximum Gasteiger partial charge on any atom is 0.165 e. The highest BCUT2D eigenvalue weighted by Gasteiger charge is 2.18. The van der Waals surface area contributed by atoms with E-state index in [0.717, 1.165) is 27.0 Å². The highest BCUT2D eigenvalue weighted by molar-refractivity contribution is 7.26. The Hall–Kier alpha value is -3.89. The van der Waals surface area contributed by atoms with Gasteiger partial charge in [-0.05, 0) is 30.2 Å². The van der Waals surface area contributed by atoms with E-state index in [1.165, 1.54) is 15.5 Å². The van der Waals surface area contributed by atoms with Crippen LogP contribution in [0.1, 0.15) is 18.6 Å². The fourth-order valence-electron chi connectivity index (χ4n) is 3.51. The first kappa shape index (κ1) is 21.3. The van der Waals surface area contributed by atoms with Gasteiger partial charge < -0.3 is 0 Å². The van der Waals surface area contributed by atoms with Crippen molar-refractivity contribution in [2.24, 2.45) is 0 Å². The van der Waals surface area contributed by atoms with Crippen LogP contribution >= 0.6 is 11.3 Å². The van der Waals surface area contributed by atoms with E-state index < -0.39 is 0 Å². The molecule has 2 aromatic carbocycles. The molecule has 2 aromatic heterocycles. The zero-order chi connectivity index (χ0) is 22.8. The number of nitrogens with zero attached hydrogens (tertiary/aromatic N) is 3. The van der Waals surface area contributed by atoms with E-state index in [2.05, 4.69) is 68.2 Å². The molecule has 3 nitrogen and oxygen atoms in total. The molecule has 0 fully saturated rings. The molecule has 0 aliphatic heterocycles. The van der Waals surface area contributed by atoms with Gasteiger partial charge in [0.25, 0.3) is 0 Å². The second-order valence-corrected chi connectivity index (χ2v) is 8.28. The van der Waals surface area contributed by atoms with E-state index in [1.54, 1.807) is 23.5 Å². The third-order valence-corrected chi connectivity index (χ3v) is 6.52. The summed E-state index contributed by atoms with van der Waals surface area (Å²) in [6, 6.07) is 14.6. The van der Waals surface area contributed by atoms with Crippen LogP contribution in [0.2, 0.25) is 0 Å². The third-order valence-electron chi connectivity index (χ3n) is 5.30. The van der Waals surface area contributed by atoms with E-state index in [1.807, 2.05) is 25.1 Å². The maximum absolute atomic E-state index is 4.85. The van der Waals surface area contributed by atoms with Crippen LogP contribution in [0, 0.1) is 0 Å². The number of fused-ring (bicyclic) bond motifs is 3. The van der Waals surface area contributed by atoms with Crippen LogP contribution < -0.4 is 0 Å². The number of rotatable bonds is 7. The molecule has 0 aliphatic carbocycles. The van der Waals surface area contributed by atoms with Crippen molar-refractivity contribution in [3.8, 4) is 11.4 Å². The summed E-state index contributed by atoms with van der Waals surface area (Å²) in [5, 5.41) is 2.41. The molecule has 32 heavy (non-hydrogen) atoms. The predicted octanol–water partition coefficient (Wildman–Crippen LogP) is 7.81. The lowest BCUT2D eigenvalue weighted by molar-refractivity contribution is 1.00. The Bertz CT molecular complexity index is 1470. The number of benzene rings is 2. The van der Waals surface area contributed by atoms with E-state index >= 15 is 0 Å². The van der Waals surface area contributed by atoms with Crippen molar-refractivity contribution in [3.05, 3.63) is 116 Å². The average Bonchev–Trinajstić information content (AvgIpc) is 3.22. The molecule has 0 aliphatic rings. The van der Waals surface area contributed by atoms with Crippen LogP contribution in [0.4, 0.5) is 0 Å². The van der Waals surface area contributed by atoms with E-state index in [0.29, 0.717) is 23.0 Å². The van der Waals surface area contributed by atoms with Crippen LogP contribution in [-0.2, 0) is 0 Å². The fraction of sp³-hybridized carbons (Fsp3) is 0.0357. The predicted molar refractivity (Wildman–Crippen MR) is 140 cm³/mol. The van der Waals surface area contributed by atoms with Gasteiger partial charge in [-0.3, -0.25) is 0 Å². The van der Waals surface area contributed by atoms with Crippen molar-refractivity contribution < 1.29 is 0 Å². The summed E-state index contributed by atoms with van der Waals surface area (Å²) in [6.07, 6.45) is 5.25. The van der Waals surface area contributed by atoms with Crippen molar-refractivity contribution in [2.45, 2.75) is 6.92 Å². The van der Waals surface area contributed by atoms with E-state index in [4.69, 9.17) is 9.97 Å². The van der Waals surface area contributed by atoms with Crippen LogP contribution in [0.3, 0.4) is 0 Å². The first-order valence-electron chi connectivity index (χ1n) is 10.1. The standard InChI is InChI=1S/C28H23N3S/c1-7-17(4)19(6)20(9-3)27-29-26(18(5)8-2)30-28(31-27)23-15-12-14-22-21-13-10-11-16-24(21)32-25(22)23/h7-16H,1-2,4-6H2,3H3/b20-9+. The fourth-order valence-corrected chi connectivity index (χ4v) is 4.72. The summed E-state index contributed by atoms with van der Waals surface area (Å²) < 4.78 is 2.36. The van der Waals surface area contributed by atoms with Gasteiger partial charge in [0.1, 0.15) is 0 Å². The van der Waals surface area contributed by atoms with Crippen molar-refractivity contribution >= 4 is 42.7 Å². The Labute approximate surface area is 192 Å². The molecule has 0 radical (unpaired) electrons. The molecule has 4 rings (SSSR count). The number of hydrogen-bond donors (Lipinski definition) is 0. The minimum Gasteiger partial charge on any atom is -0.208 e. The first-order chi connectivity index (χ1) is 15.5. The third kappa shape index (κ3) is 3.66. The molecule has 0 unspecified atom stereocenters. The Kier molecular flexibility index (Phi) is 5.80. The maximum atomic E-state index is 4.85. The minimum absolute atomic E-state index is 0.481. The topological polar surface area (TPSA) is 38.7 Å². The van der Waals surface area contributed by atoms with Crippen molar-refractivity contribution in [3.63, 3.8) is 0 Å². The highest BCUT2D eigenvalue weighted by Crippen LogP contribution is 2.39. The van der Waals surface area contributed by atoms with Crippen LogP contribution in [0.15, 0.2) is 105 Å². The molecule has 0 saturated carbocycles. The molecular weight excluding hydrogens is 410 g/mol. The van der Waals surface area contributed by atoms with Gasteiger partial charge in [-0.25, -0.2) is 15.0 Å². The largest absolute Gasteiger partial charge is 0.208 e. The minimum atomic E-state index is 0.481. The second kappa shape index (κ2) is 8.69. The number of hydrogen-bond acceptors (Lipinski definition) is 4. The van der Waals surface area contributed by atoms with Gasteiger partial charge in [0, 0.05) is 36.9 Å². The highest BCUT2D eigenvalue weighted by atomic mass is 32.1. The van der Waals surface area contributed by atoms with E-state index in [-0.39, 0.29) is 0 Å². The zero-order valence-corrected chi connectivity index (χ0v) is 18.9. The van der Waals surface area contributed by atoms with Gasteiger partial charge >= 0.3 is 0 Å². The van der Waals surface area contributed by atoms with Crippen molar-refractivity contribution in [1.82, 2.24) is 15.0 Å². The van der Waals surface area contributed by atoms with Gasteiger partial charge in [0.05, 0.1) is 0 Å². The van der Waals surface area contributed by atoms with Gasteiger partial charge in [0.2, 0.25) is 0 Å². The Morgan fingerprint density at radius 1 is 0.844 bits per heavy atom. The molecule has 4 aromatic rings. The molecular formula is C28H23N3S. The molecule has 156 valence electrons. The van der Waals surface area contributed by atoms with Crippen LogP contribution in [0.5, 0.6) is 0 Å². The van der Waals surface area contributed by atoms with Gasteiger partial charge in [0.15, 0.2) is 17.5 Å². The molecule has 0 bridgehead atoms. The molecule has 4 heteroatoms. The molecule has 0 saturated heterocycles. The number of thiophene rings is 1. The molecule has 0 N–H and O–H groups in total. The number of allylic oxidation sites excluding steroid dienone is 7. The molecule has 0 atom stereocenters. The summed E-state index contributed by atoms with van der Waals surface area (Å²) in [4.78, 5) is 14.3. The normalized spacial score (nSPS) is 11.5. The second-order valence-electron chi connectivity index (χ2n) is 7.23. The Morgan fingerprint density at radius 2 is 1.56 bits per heavy atom. The first-order valence-corrected chi connectivity index (χ1v) is 11.0. The van der Waals surface area contributed by atoms with Gasteiger partial charge in [-0.2, -0.15) is 0 Å². The quantitative estimate of drug-likeness (QED) is 0.279. The smallest absolute Gasteiger partial charge is 0.165 e. The van der Waals surface area contributed by atoms with E-state index in [9.17, 15) is 0 Å². The summed E-state index contributed by atoms with van der Waals surface area (Å²) in [6.45, 7) is 21.8. The summed E-state index contributed by atoms with van der Waals surface area (Å²) in [5.41, 5.74) is 3.79. The molecule has 0 spiro atoms. The summed E-state index contributed by atoms with van der Waals surface area (Å²) in [7, 11) is 0. The lowest BCUT2D eigenvalue weighted by atomic mass is 9.99.